The zero-order valence-corrected chi connectivity index (χ0v) is 17.7. The van der Waals surface area contributed by atoms with Crippen LogP contribution in [0.1, 0.15) is 58.9 Å². The van der Waals surface area contributed by atoms with Crippen molar-refractivity contribution in [2.24, 2.45) is 10.8 Å². The summed E-state index contributed by atoms with van der Waals surface area (Å²) in [7, 11) is 0. The van der Waals surface area contributed by atoms with E-state index < -0.39 is 4.92 Å². The normalized spacial score (nSPS) is 20.2. The summed E-state index contributed by atoms with van der Waals surface area (Å²) in [5.41, 5.74) is -0.177. The third-order valence-electron chi connectivity index (χ3n) is 4.94. The van der Waals surface area contributed by atoms with E-state index in [4.69, 9.17) is 0 Å². The number of likely N-dealkylation sites (tertiary alicyclic amines) is 1. The number of carbonyl (C=O) groups excluding carboxylic acids is 4. The Morgan fingerprint density at radius 1 is 0.900 bits per heavy atom. The molecule has 30 heavy (non-hydrogen) atoms. The second-order valence-corrected chi connectivity index (χ2v) is 9.27. The summed E-state index contributed by atoms with van der Waals surface area (Å²) in [4.78, 5) is 57.2. The highest BCUT2D eigenvalue weighted by Crippen LogP contribution is 2.33. The van der Waals surface area contributed by atoms with Crippen LogP contribution in [-0.4, -0.2) is 33.5 Å². The minimum atomic E-state index is -0.502. The van der Waals surface area contributed by atoms with E-state index in [1.807, 2.05) is 27.7 Å². The van der Waals surface area contributed by atoms with Crippen molar-refractivity contribution in [2.45, 2.75) is 59.9 Å². The van der Waals surface area contributed by atoms with Gasteiger partial charge in [-0.25, -0.2) is 0 Å². The third-order valence-corrected chi connectivity index (χ3v) is 4.94. The molecular formula is C21H27N3O6. The highest BCUT2D eigenvalue weighted by atomic mass is 16.6. The van der Waals surface area contributed by atoms with Gasteiger partial charge in [-0.1, -0.05) is 45.9 Å². The SMILES string of the molecule is CC1(C)CC(=O)N(Cc2ccccc2[N+](=O)[O-])C(=O)C1.CC1(C)CC(=O)NC(=O)C1. The number of benzene rings is 1. The summed E-state index contributed by atoms with van der Waals surface area (Å²) >= 11 is 0. The zero-order valence-electron chi connectivity index (χ0n) is 17.7. The van der Waals surface area contributed by atoms with Gasteiger partial charge in [0.05, 0.1) is 11.5 Å². The molecule has 9 heteroatoms. The lowest BCUT2D eigenvalue weighted by molar-refractivity contribution is -0.385. The first-order valence-corrected chi connectivity index (χ1v) is 9.68. The van der Waals surface area contributed by atoms with Crippen LogP contribution in [0, 0.1) is 20.9 Å². The Morgan fingerprint density at radius 3 is 1.83 bits per heavy atom. The fourth-order valence-corrected chi connectivity index (χ4v) is 3.56. The van der Waals surface area contributed by atoms with E-state index in [2.05, 4.69) is 5.32 Å². The molecule has 0 atom stereocenters. The molecule has 0 bridgehead atoms. The number of piperidine rings is 2. The molecule has 2 heterocycles. The van der Waals surface area contributed by atoms with Gasteiger partial charge in [-0.05, 0) is 10.8 Å². The van der Waals surface area contributed by atoms with Gasteiger partial charge in [0.25, 0.3) is 5.69 Å². The highest BCUT2D eigenvalue weighted by Gasteiger charge is 2.38. The summed E-state index contributed by atoms with van der Waals surface area (Å²) < 4.78 is 0. The molecule has 0 aromatic heterocycles. The van der Waals surface area contributed by atoms with Crippen LogP contribution in [0.3, 0.4) is 0 Å². The van der Waals surface area contributed by atoms with Gasteiger partial charge in [-0.2, -0.15) is 0 Å². The number of hydrogen-bond donors (Lipinski definition) is 1. The zero-order chi connectivity index (χ0) is 22.7. The first kappa shape index (κ1) is 23.2. The van der Waals surface area contributed by atoms with E-state index in [0.717, 1.165) is 4.90 Å². The van der Waals surface area contributed by atoms with Gasteiger partial charge in [-0.3, -0.25) is 39.5 Å². The molecule has 1 aromatic carbocycles. The number of amides is 4. The molecule has 2 aliphatic rings. The van der Waals surface area contributed by atoms with Gasteiger partial charge >= 0.3 is 0 Å². The van der Waals surface area contributed by atoms with Crippen LogP contribution in [0.15, 0.2) is 24.3 Å². The molecule has 0 spiro atoms. The van der Waals surface area contributed by atoms with Crippen molar-refractivity contribution >= 4 is 29.3 Å². The van der Waals surface area contributed by atoms with Gasteiger partial charge in [0.2, 0.25) is 23.6 Å². The van der Waals surface area contributed by atoms with E-state index in [9.17, 15) is 29.3 Å². The van der Waals surface area contributed by atoms with E-state index in [1.54, 1.807) is 18.2 Å². The molecule has 2 aliphatic heterocycles. The Bertz CT molecular complexity index is 852. The monoisotopic (exact) mass is 417 g/mol. The number of para-hydroxylation sites is 1. The topological polar surface area (TPSA) is 127 Å². The maximum absolute atomic E-state index is 12.0. The number of rotatable bonds is 3. The summed E-state index contributed by atoms with van der Waals surface area (Å²) in [6.07, 6.45) is 1.47. The van der Waals surface area contributed by atoms with Crippen molar-refractivity contribution in [3.63, 3.8) is 0 Å². The standard InChI is InChI=1S/C14H16N2O4.C7H11NO2/c1-14(2)7-12(17)15(13(18)8-14)9-10-5-3-4-6-11(10)16(19)20;1-7(2)3-5(9)8-6(10)4-7/h3-6H,7-9H2,1-2H3;3-4H2,1-2H3,(H,8,9,10). The molecule has 0 radical (unpaired) electrons. The van der Waals surface area contributed by atoms with E-state index in [1.165, 1.54) is 6.07 Å². The quantitative estimate of drug-likeness (QED) is 0.458. The second-order valence-electron chi connectivity index (χ2n) is 9.27. The molecule has 2 fully saturated rings. The van der Waals surface area contributed by atoms with Gasteiger partial charge < -0.3 is 0 Å². The summed E-state index contributed by atoms with van der Waals surface area (Å²) in [5.74, 6) is -0.851. The van der Waals surface area contributed by atoms with Crippen LogP contribution in [0.2, 0.25) is 0 Å². The van der Waals surface area contributed by atoms with Crippen molar-refractivity contribution in [2.75, 3.05) is 0 Å². The largest absolute Gasteiger partial charge is 0.296 e. The molecule has 3 rings (SSSR count). The third kappa shape index (κ3) is 6.20. The molecule has 0 saturated carbocycles. The Kier molecular flexibility index (Phi) is 6.74. The Hall–Kier alpha value is -3.10. The predicted octanol–water partition coefficient (Wildman–Crippen LogP) is 2.72. The minimum Gasteiger partial charge on any atom is -0.296 e. The smallest absolute Gasteiger partial charge is 0.274 e. The van der Waals surface area contributed by atoms with Crippen LogP contribution in [-0.2, 0) is 25.7 Å². The van der Waals surface area contributed by atoms with Crippen molar-refractivity contribution < 1.29 is 24.1 Å². The molecule has 1 aromatic rings. The van der Waals surface area contributed by atoms with Gasteiger partial charge in [0, 0.05) is 37.3 Å². The maximum atomic E-state index is 12.0. The number of imide groups is 2. The molecule has 162 valence electrons. The summed E-state index contributed by atoms with van der Waals surface area (Å²) in [5, 5.41) is 13.2. The molecule has 0 unspecified atom stereocenters. The van der Waals surface area contributed by atoms with Crippen LogP contribution >= 0.6 is 0 Å². The van der Waals surface area contributed by atoms with Gasteiger partial charge in [-0.15, -0.1) is 0 Å². The number of hydrogen-bond acceptors (Lipinski definition) is 6. The van der Waals surface area contributed by atoms with E-state index in [-0.39, 0.29) is 59.5 Å². The first-order valence-electron chi connectivity index (χ1n) is 9.68. The molecule has 4 amide bonds. The number of nitro benzene ring substituents is 1. The van der Waals surface area contributed by atoms with Crippen LogP contribution in [0.4, 0.5) is 5.69 Å². The van der Waals surface area contributed by atoms with Crippen LogP contribution in [0.5, 0.6) is 0 Å². The molecule has 2 saturated heterocycles. The fourth-order valence-electron chi connectivity index (χ4n) is 3.56. The second kappa shape index (κ2) is 8.73. The van der Waals surface area contributed by atoms with E-state index in [0.29, 0.717) is 18.4 Å². The predicted molar refractivity (Wildman–Crippen MR) is 108 cm³/mol. The number of nitro groups is 1. The Morgan fingerprint density at radius 2 is 1.37 bits per heavy atom. The lowest BCUT2D eigenvalue weighted by Crippen LogP contribution is -2.45. The van der Waals surface area contributed by atoms with Crippen molar-refractivity contribution in [3.05, 3.63) is 39.9 Å². The number of nitrogens with zero attached hydrogens (tertiary/aromatic N) is 2. The van der Waals surface area contributed by atoms with Crippen LogP contribution < -0.4 is 5.32 Å². The molecular weight excluding hydrogens is 390 g/mol. The fraction of sp³-hybridized carbons (Fsp3) is 0.524. The maximum Gasteiger partial charge on any atom is 0.274 e. The Balaban J connectivity index is 0.000000269. The lowest BCUT2D eigenvalue weighted by atomic mass is 9.81. The average molecular weight is 417 g/mol. The minimum absolute atomic E-state index is 0.0368. The lowest BCUT2D eigenvalue weighted by Gasteiger charge is -2.34. The number of carbonyl (C=O) groups is 4. The number of nitrogens with one attached hydrogen (secondary N) is 1. The van der Waals surface area contributed by atoms with Gasteiger partial charge in [0.1, 0.15) is 0 Å². The summed E-state index contributed by atoms with van der Waals surface area (Å²) in [6, 6.07) is 6.16. The molecule has 9 nitrogen and oxygen atoms in total. The van der Waals surface area contributed by atoms with Crippen molar-refractivity contribution in [1.29, 1.82) is 0 Å². The van der Waals surface area contributed by atoms with Gasteiger partial charge in [0.15, 0.2) is 0 Å². The Labute approximate surface area is 175 Å². The first-order chi connectivity index (χ1) is 13.8. The van der Waals surface area contributed by atoms with Crippen LogP contribution in [0.25, 0.3) is 0 Å². The van der Waals surface area contributed by atoms with E-state index >= 15 is 0 Å². The van der Waals surface area contributed by atoms with Crippen molar-refractivity contribution in [3.8, 4) is 0 Å². The molecule has 1 N–H and O–H groups in total. The summed E-state index contributed by atoms with van der Waals surface area (Å²) in [6.45, 7) is 7.54. The average Bonchev–Trinajstić information content (AvgIpc) is 2.56. The molecule has 0 aliphatic carbocycles. The van der Waals surface area contributed by atoms with Crippen molar-refractivity contribution in [1.82, 2.24) is 10.2 Å². The highest BCUT2D eigenvalue weighted by molar-refractivity contribution is 5.99.